The van der Waals surface area contributed by atoms with Crippen molar-refractivity contribution in [1.29, 1.82) is 0 Å². The number of ether oxygens (including phenoxy) is 1. The number of rotatable bonds is 4. The number of aromatic nitrogens is 1. The predicted molar refractivity (Wildman–Crippen MR) is 59.6 cm³/mol. The summed E-state index contributed by atoms with van der Waals surface area (Å²) in [5.41, 5.74) is 0.890. The lowest BCUT2D eigenvalue weighted by Gasteiger charge is -2.36. The molecule has 1 saturated carbocycles. The Morgan fingerprint density at radius 3 is 2.88 bits per heavy atom. The molecular weight excluding hydrogens is 207 g/mol. The third-order valence-corrected chi connectivity index (χ3v) is 3.14. The number of hydrogen-bond donors (Lipinski definition) is 1. The van der Waals surface area contributed by atoms with Crippen LogP contribution < -0.4 is 5.32 Å². The lowest BCUT2D eigenvalue weighted by atomic mass is 9.88. The van der Waals surface area contributed by atoms with Crippen LogP contribution in [0.2, 0.25) is 0 Å². The van der Waals surface area contributed by atoms with Gasteiger partial charge in [-0.1, -0.05) is 0 Å². The largest absolute Gasteiger partial charge is 0.381 e. The highest BCUT2D eigenvalue weighted by Crippen LogP contribution is 2.25. The first-order chi connectivity index (χ1) is 7.69. The van der Waals surface area contributed by atoms with E-state index in [0.29, 0.717) is 12.1 Å². The van der Waals surface area contributed by atoms with Crippen molar-refractivity contribution in [1.82, 2.24) is 10.3 Å². The molecule has 0 bridgehead atoms. The molecule has 1 unspecified atom stereocenters. The van der Waals surface area contributed by atoms with Crippen molar-refractivity contribution in [2.75, 3.05) is 7.11 Å². The van der Waals surface area contributed by atoms with Gasteiger partial charge in [-0.3, -0.25) is 4.98 Å². The van der Waals surface area contributed by atoms with Gasteiger partial charge in [0.05, 0.1) is 12.3 Å². The Morgan fingerprint density at radius 2 is 2.25 bits per heavy atom. The third-order valence-electron chi connectivity index (χ3n) is 3.14. The number of nitrogens with zero attached hydrogens (tertiary/aromatic N) is 1. The Bertz CT molecular complexity index is 353. The highest BCUT2D eigenvalue weighted by Gasteiger charge is 2.29. The molecule has 0 saturated heterocycles. The highest BCUT2D eigenvalue weighted by atomic mass is 19.1. The predicted octanol–water partition coefficient (Wildman–Crippen LogP) is 2.05. The molecule has 1 aliphatic rings. The van der Waals surface area contributed by atoms with Crippen LogP contribution in [-0.2, 0) is 4.74 Å². The number of pyridine rings is 1. The van der Waals surface area contributed by atoms with Crippen LogP contribution in [0.15, 0.2) is 18.5 Å². The van der Waals surface area contributed by atoms with Crippen molar-refractivity contribution in [2.24, 2.45) is 0 Å². The first kappa shape index (κ1) is 11.5. The Balaban J connectivity index is 1.87. The molecule has 16 heavy (non-hydrogen) atoms. The van der Waals surface area contributed by atoms with Crippen LogP contribution in [-0.4, -0.2) is 24.2 Å². The quantitative estimate of drug-likeness (QED) is 0.850. The molecule has 1 fully saturated rings. The molecule has 0 spiro atoms. The average molecular weight is 224 g/mol. The van der Waals surface area contributed by atoms with Gasteiger partial charge in [-0.2, -0.15) is 0 Å². The van der Waals surface area contributed by atoms with Crippen LogP contribution >= 0.6 is 0 Å². The van der Waals surface area contributed by atoms with Crippen molar-refractivity contribution in [3.8, 4) is 0 Å². The molecule has 0 amide bonds. The van der Waals surface area contributed by atoms with Gasteiger partial charge in [-0.25, -0.2) is 4.39 Å². The van der Waals surface area contributed by atoms with Crippen LogP contribution in [0.4, 0.5) is 4.39 Å². The summed E-state index contributed by atoms with van der Waals surface area (Å²) in [4.78, 5) is 3.85. The van der Waals surface area contributed by atoms with Gasteiger partial charge in [0.1, 0.15) is 5.82 Å². The average Bonchev–Trinajstić information content (AvgIpc) is 2.22. The molecular formula is C12H17FN2O. The van der Waals surface area contributed by atoms with Crippen molar-refractivity contribution in [3.63, 3.8) is 0 Å². The standard InChI is InChI=1S/C12H17FN2O/c1-8(9-3-10(13)7-14-6-9)15-11-4-12(5-11)16-2/h3,6-8,11-12,15H,4-5H2,1-2H3. The third kappa shape index (κ3) is 2.57. The molecule has 2 rings (SSSR count). The van der Waals surface area contributed by atoms with Gasteiger partial charge in [-0.05, 0) is 31.4 Å². The van der Waals surface area contributed by atoms with E-state index in [-0.39, 0.29) is 11.9 Å². The second kappa shape index (κ2) is 4.89. The molecule has 1 aromatic rings. The maximum Gasteiger partial charge on any atom is 0.141 e. The molecule has 88 valence electrons. The minimum atomic E-state index is -0.283. The normalized spacial score (nSPS) is 26.2. The number of hydrogen-bond acceptors (Lipinski definition) is 3. The van der Waals surface area contributed by atoms with Crippen molar-refractivity contribution < 1.29 is 9.13 Å². The fourth-order valence-electron chi connectivity index (χ4n) is 2.01. The molecule has 1 atom stereocenters. The fraction of sp³-hybridized carbons (Fsp3) is 0.583. The first-order valence-corrected chi connectivity index (χ1v) is 5.58. The minimum Gasteiger partial charge on any atom is -0.381 e. The Hall–Kier alpha value is -1.00. The maximum atomic E-state index is 13.0. The summed E-state index contributed by atoms with van der Waals surface area (Å²) < 4.78 is 18.2. The summed E-state index contributed by atoms with van der Waals surface area (Å²) in [7, 11) is 1.74. The lowest BCUT2D eigenvalue weighted by Crippen LogP contribution is -2.45. The van der Waals surface area contributed by atoms with Crippen LogP contribution in [0.3, 0.4) is 0 Å². The van der Waals surface area contributed by atoms with E-state index in [0.717, 1.165) is 18.4 Å². The van der Waals surface area contributed by atoms with Gasteiger partial charge in [-0.15, -0.1) is 0 Å². The van der Waals surface area contributed by atoms with Crippen molar-refractivity contribution in [3.05, 3.63) is 29.8 Å². The van der Waals surface area contributed by atoms with E-state index in [1.54, 1.807) is 13.3 Å². The van der Waals surface area contributed by atoms with E-state index in [4.69, 9.17) is 4.74 Å². The van der Waals surface area contributed by atoms with E-state index >= 15 is 0 Å². The zero-order chi connectivity index (χ0) is 11.5. The monoisotopic (exact) mass is 224 g/mol. The van der Waals surface area contributed by atoms with Crippen molar-refractivity contribution in [2.45, 2.75) is 38.0 Å². The molecule has 1 N–H and O–H groups in total. The van der Waals surface area contributed by atoms with Crippen LogP contribution in [0.5, 0.6) is 0 Å². The summed E-state index contributed by atoms with van der Waals surface area (Å²) >= 11 is 0. The van der Waals surface area contributed by atoms with Crippen LogP contribution in [0, 0.1) is 5.82 Å². The molecule has 1 aromatic heterocycles. The molecule has 4 heteroatoms. The van der Waals surface area contributed by atoms with E-state index in [1.165, 1.54) is 12.3 Å². The van der Waals surface area contributed by atoms with Gasteiger partial charge in [0, 0.05) is 25.4 Å². The summed E-state index contributed by atoms with van der Waals surface area (Å²) in [6, 6.07) is 2.13. The van der Waals surface area contributed by atoms with Gasteiger partial charge < -0.3 is 10.1 Å². The zero-order valence-corrected chi connectivity index (χ0v) is 9.61. The van der Waals surface area contributed by atoms with Gasteiger partial charge in [0.15, 0.2) is 0 Å². The molecule has 1 heterocycles. The second-order valence-corrected chi connectivity index (χ2v) is 4.35. The summed E-state index contributed by atoms with van der Waals surface area (Å²) in [5, 5.41) is 3.44. The lowest BCUT2D eigenvalue weighted by molar-refractivity contribution is 0.0147. The zero-order valence-electron chi connectivity index (χ0n) is 9.61. The maximum absolute atomic E-state index is 13.0. The summed E-state index contributed by atoms with van der Waals surface area (Å²) in [5.74, 6) is -0.283. The Morgan fingerprint density at radius 1 is 1.50 bits per heavy atom. The smallest absolute Gasteiger partial charge is 0.141 e. The number of nitrogens with one attached hydrogen (secondary N) is 1. The van der Waals surface area contributed by atoms with Crippen LogP contribution in [0.25, 0.3) is 0 Å². The Labute approximate surface area is 95.0 Å². The van der Waals surface area contributed by atoms with Gasteiger partial charge in [0.25, 0.3) is 0 Å². The second-order valence-electron chi connectivity index (χ2n) is 4.35. The number of methoxy groups -OCH3 is 1. The fourth-order valence-corrected chi connectivity index (χ4v) is 2.01. The highest BCUT2D eigenvalue weighted by molar-refractivity contribution is 5.14. The molecule has 0 aliphatic heterocycles. The van der Waals surface area contributed by atoms with E-state index in [9.17, 15) is 4.39 Å². The molecule has 0 aromatic carbocycles. The first-order valence-electron chi connectivity index (χ1n) is 5.58. The van der Waals surface area contributed by atoms with Crippen molar-refractivity contribution >= 4 is 0 Å². The van der Waals surface area contributed by atoms with Gasteiger partial charge in [0.2, 0.25) is 0 Å². The topological polar surface area (TPSA) is 34.1 Å². The molecule has 1 aliphatic carbocycles. The minimum absolute atomic E-state index is 0.131. The number of halogens is 1. The summed E-state index contributed by atoms with van der Waals surface area (Å²) in [6.45, 7) is 2.02. The summed E-state index contributed by atoms with van der Waals surface area (Å²) in [6.07, 6.45) is 5.37. The Kier molecular flexibility index (Phi) is 3.51. The van der Waals surface area contributed by atoms with E-state index < -0.39 is 0 Å². The van der Waals surface area contributed by atoms with E-state index in [2.05, 4.69) is 10.3 Å². The SMILES string of the molecule is COC1CC(NC(C)c2cncc(F)c2)C1. The van der Waals surface area contributed by atoms with Crippen LogP contribution in [0.1, 0.15) is 31.4 Å². The van der Waals surface area contributed by atoms with Gasteiger partial charge >= 0.3 is 0 Å². The molecule has 3 nitrogen and oxygen atoms in total. The molecule has 0 radical (unpaired) electrons. The van der Waals surface area contributed by atoms with E-state index in [1.807, 2.05) is 6.92 Å².